The van der Waals surface area contributed by atoms with Gasteiger partial charge in [0.05, 0.1) is 25.6 Å². The SMILES string of the molecule is COc1ccc(-c2cnc3c(Nc4ccc(C(=O)NCCOCC(=O)N5CCNCC5)c(C)c4)nccn23)cc1. The van der Waals surface area contributed by atoms with Crippen LogP contribution in [0.2, 0.25) is 0 Å². The van der Waals surface area contributed by atoms with Crippen molar-refractivity contribution in [2.75, 3.05) is 58.4 Å². The number of amides is 2. The van der Waals surface area contributed by atoms with Gasteiger partial charge in [-0.25, -0.2) is 9.97 Å². The number of carbonyl (C=O) groups is 2. The van der Waals surface area contributed by atoms with Crippen LogP contribution < -0.4 is 20.7 Å². The highest BCUT2D eigenvalue weighted by molar-refractivity contribution is 5.96. The highest BCUT2D eigenvalue weighted by Gasteiger charge is 2.16. The van der Waals surface area contributed by atoms with E-state index in [0.29, 0.717) is 36.7 Å². The van der Waals surface area contributed by atoms with Gasteiger partial charge < -0.3 is 30.3 Å². The maximum atomic E-state index is 12.7. The number of carbonyl (C=O) groups excluding carboxylic acids is 2. The lowest BCUT2D eigenvalue weighted by Crippen LogP contribution is -2.47. The monoisotopic (exact) mass is 543 g/mol. The second-order valence-corrected chi connectivity index (χ2v) is 9.44. The molecule has 3 heterocycles. The van der Waals surface area contributed by atoms with Crippen molar-refractivity contribution in [3.63, 3.8) is 0 Å². The third-order valence-electron chi connectivity index (χ3n) is 6.77. The number of nitrogens with one attached hydrogen (secondary N) is 3. The molecular formula is C29H33N7O4. The van der Waals surface area contributed by atoms with Gasteiger partial charge in [-0.2, -0.15) is 0 Å². The Hall–Kier alpha value is -4.48. The molecule has 2 amide bonds. The molecule has 1 fully saturated rings. The molecule has 0 bridgehead atoms. The van der Waals surface area contributed by atoms with E-state index in [1.807, 2.05) is 60.1 Å². The third kappa shape index (κ3) is 6.22. The van der Waals surface area contributed by atoms with E-state index in [0.717, 1.165) is 41.3 Å². The predicted molar refractivity (Wildman–Crippen MR) is 152 cm³/mol. The Morgan fingerprint density at radius 2 is 1.88 bits per heavy atom. The minimum Gasteiger partial charge on any atom is -0.497 e. The second kappa shape index (κ2) is 12.6. The molecule has 0 aliphatic carbocycles. The van der Waals surface area contributed by atoms with Gasteiger partial charge in [-0.3, -0.25) is 14.0 Å². The molecule has 0 unspecified atom stereocenters. The van der Waals surface area contributed by atoms with E-state index in [1.54, 1.807) is 24.3 Å². The molecule has 11 nitrogen and oxygen atoms in total. The quantitative estimate of drug-likeness (QED) is 0.261. The fourth-order valence-electron chi connectivity index (χ4n) is 4.61. The van der Waals surface area contributed by atoms with Crippen LogP contribution in [0.25, 0.3) is 16.9 Å². The van der Waals surface area contributed by atoms with E-state index in [2.05, 4.69) is 25.9 Å². The lowest BCUT2D eigenvalue weighted by Gasteiger charge is -2.27. The van der Waals surface area contributed by atoms with Crippen molar-refractivity contribution in [2.24, 2.45) is 0 Å². The van der Waals surface area contributed by atoms with Crippen molar-refractivity contribution in [3.8, 4) is 17.0 Å². The summed E-state index contributed by atoms with van der Waals surface area (Å²) >= 11 is 0. The maximum absolute atomic E-state index is 12.7. The van der Waals surface area contributed by atoms with Crippen LogP contribution in [0.4, 0.5) is 11.5 Å². The molecule has 0 atom stereocenters. The molecule has 3 N–H and O–H groups in total. The highest BCUT2D eigenvalue weighted by Crippen LogP contribution is 2.27. The van der Waals surface area contributed by atoms with Crippen LogP contribution in [0.5, 0.6) is 5.75 Å². The van der Waals surface area contributed by atoms with Crippen LogP contribution in [0, 0.1) is 6.92 Å². The molecular weight excluding hydrogens is 510 g/mol. The Morgan fingerprint density at radius 3 is 2.62 bits per heavy atom. The molecule has 4 aromatic rings. The molecule has 1 saturated heterocycles. The van der Waals surface area contributed by atoms with Crippen LogP contribution >= 0.6 is 0 Å². The molecule has 2 aromatic carbocycles. The molecule has 0 saturated carbocycles. The number of anilines is 2. The number of aromatic nitrogens is 3. The van der Waals surface area contributed by atoms with Gasteiger partial charge in [0.15, 0.2) is 11.5 Å². The van der Waals surface area contributed by atoms with E-state index in [-0.39, 0.29) is 25.0 Å². The zero-order valence-electron chi connectivity index (χ0n) is 22.6. The number of rotatable bonds is 10. The van der Waals surface area contributed by atoms with Gasteiger partial charge in [-0.1, -0.05) is 0 Å². The molecule has 2 aromatic heterocycles. The summed E-state index contributed by atoms with van der Waals surface area (Å²) < 4.78 is 12.7. The number of hydrogen-bond donors (Lipinski definition) is 3. The normalized spacial score (nSPS) is 13.3. The second-order valence-electron chi connectivity index (χ2n) is 9.44. The average Bonchev–Trinajstić information content (AvgIpc) is 3.42. The first-order valence-electron chi connectivity index (χ1n) is 13.2. The first-order valence-corrected chi connectivity index (χ1v) is 13.2. The summed E-state index contributed by atoms with van der Waals surface area (Å²) in [5.74, 6) is 1.18. The van der Waals surface area contributed by atoms with Crippen LogP contribution in [0.1, 0.15) is 15.9 Å². The molecule has 40 heavy (non-hydrogen) atoms. The van der Waals surface area contributed by atoms with Gasteiger partial charge in [0.25, 0.3) is 5.91 Å². The Bertz CT molecular complexity index is 1480. The fourth-order valence-corrected chi connectivity index (χ4v) is 4.61. The van der Waals surface area contributed by atoms with Gasteiger partial charge >= 0.3 is 0 Å². The van der Waals surface area contributed by atoms with Gasteiger partial charge in [0.1, 0.15) is 12.4 Å². The summed E-state index contributed by atoms with van der Waals surface area (Å²) in [6.07, 6.45) is 5.40. The van der Waals surface area contributed by atoms with E-state index in [4.69, 9.17) is 9.47 Å². The minimum atomic E-state index is -0.196. The van der Waals surface area contributed by atoms with Crippen molar-refractivity contribution in [3.05, 3.63) is 72.2 Å². The molecule has 1 aliphatic heterocycles. The van der Waals surface area contributed by atoms with Gasteiger partial charge in [0, 0.05) is 61.9 Å². The zero-order chi connectivity index (χ0) is 27.9. The van der Waals surface area contributed by atoms with Crippen LogP contribution in [0.3, 0.4) is 0 Å². The molecule has 5 rings (SSSR count). The number of benzene rings is 2. The molecule has 11 heteroatoms. The third-order valence-corrected chi connectivity index (χ3v) is 6.77. The number of nitrogens with zero attached hydrogens (tertiary/aromatic N) is 4. The van der Waals surface area contributed by atoms with Crippen LogP contribution in [-0.2, 0) is 9.53 Å². The van der Waals surface area contributed by atoms with E-state index >= 15 is 0 Å². The van der Waals surface area contributed by atoms with Crippen molar-refractivity contribution >= 4 is 29.0 Å². The molecule has 1 aliphatic rings. The maximum Gasteiger partial charge on any atom is 0.251 e. The van der Waals surface area contributed by atoms with Crippen LogP contribution in [0.15, 0.2) is 61.1 Å². The molecule has 0 spiro atoms. The highest BCUT2D eigenvalue weighted by atomic mass is 16.5. The van der Waals surface area contributed by atoms with Crippen molar-refractivity contribution in [1.29, 1.82) is 0 Å². The molecule has 0 radical (unpaired) electrons. The lowest BCUT2D eigenvalue weighted by molar-refractivity contribution is -0.136. The summed E-state index contributed by atoms with van der Waals surface area (Å²) in [4.78, 5) is 35.7. The topological polar surface area (TPSA) is 122 Å². The number of fused-ring (bicyclic) bond motifs is 1. The van der Waals surface area contributed by atoms with Gasteiger partial charge in [-0.15, -0.1) is 0 Å². The van der Waals surface area contributed by atoms with Crippen molar-refractivity contribution in [2.45, 2.75) is 6.92 Å². The van der Waals surface area contributed by atoms with E-state index < -0.39 is 0 Å². The number of ether oxygens (including phenoxy) is 2. The Kier molecular flexibility index (Phi) is 8.53. The summed E-state index contributed by atoms with van der Waals surface area (Å²) in [6.45, 7) is 5.48. The van der Waals surface area contributed by atoms with Crippen LogP contribution in [-0.4, -0.2) is 84.1 Å². The number of imidazole rings is 1. The number of aryl methyl sites for hydroxylation is 1. The van der Waals surface area contributed by atoms with Gasteiger partial charge in [-0.05, 0) is 55.0 Å². The first-order chi connectivity index (χ1) is 19.5. The fraction of sp³-hybridized carbons (Fsp3) is 0.310. The van der Waals surface area contributed by atoms with E-state index in [1.165, 1.54) is 0 Å². The van der Waals surface area contributed by atoms with Gasteiger partial charge in [0.2, 0.25) is 5.91 Å². The summed E-state index contributed by atoms with van der Waals surface area (Å²) in [7, 11) is 1.64. The largest absolute Gasteiger partial charge is 0.497 e. The molecule has 208 valence electrons. The summed E-state index contributed by atoms with van der Waals surface area (Å²) in [6, 6.07) is 13.3. The smallest absolute Gasteiger partial charge is 0.251 e. The standard InChI is InChI=1S/C29H33N7O4/c1-20-17-22(5-8-24(20)29(38)32-12-16-40-19-26(37)35-13-9-30-10-14-35)34-27-28-33-18-25(36(28)15-11-31-27)21-3-6-23(39-2)7-4-21/h3-8,11,15,17-18,30H,9-10,12-14,16,19H2,1-2H3,(H,31,34)(H,32,38). The summed E-state index contributed by atoms with van der Waals surface area (Å²) in [5, 5.41) is 9.40. The minimum absolute atomic E-state index is 0.0220. The van der Waals surface area contributed by atoms with E-state index in [9.17, 15) is 9.59 Å². The lowest BCUT2D eigenvalue weighted by atomic mass is 10.1. The number of methoxy groups -OCH3 is 1. The Morgan fingerprint density at radius 1 is 1.07 bits per heavy atom. The van der Waals surface area contributed by atoms with Crippen molar-refractivity contribution < 1.29 is 19.1 Å². The Labute approximate surface area is 232 Å². The Balaban J connectivity index is 1.17. The number of hydrogen-bond acceptors (Lipinski definition) is 8. The first kappa shape index (κ1) is 27.1. The average molecular weight is 544 g/mol. The summed E-state index contributed by atoms with van der Waals surface area (Å²) in [5.41, 5.74) is 4.79. The predicted octanol–water partition coefficient (Wildman–Crippen LogP) is 2.64. The van der Waals surface area contributed by atoms with Crippen molar-refractivity contribution in [1.82, 2.24) is 29.9 Å². The zero-order valence-corrected chi connectivity index (χ0v) is 22.6. The number of piperazine rings is 1.